The zero-order valence-electron chi connectivity index (χ0n) is 24.3. The number of aldehydes is 1. The quantitative estimate of drug-likeness (QED) is 0.114. The molecule has 2 aromatic carbocycles. The lowest BCUT2D eigenvalue weighted by Gasteiger charge is -2.14. The highest BCUT2D eigenvalue weighted by molar-refractivity contribution is 7.09. The van der Waals surface area contributed by atoms with Crippen LogP contribution in [0, 0.1) is 5.92 Å². The number of esters is 1. The largest absolute Gasteiger partial charge is 0.508 e. The molecule has 0 saturated heterocycles. The molecule has 3 N–H and O–H groups in total. The SMILES string of the molecule is CCOC(=O)/C(C)=C\C(C)=C\c1csc(C(N)Cc2ccc(O)c(Cc3ccccc3)c2)n1.O=CC1CCCCC1. The lowest BCUT2D eigenvalue weighted by molar-refractivity contribution is -0.138. The van der Waals surface area contributed by atoms with Crippen LogP contribution in [0.4, 0.5) is 0 Å². The molecular weight excluding hydrogens is 532 g/mol. The predicted octanol–water partition coefficient (Wildman–Crippen LogP) is 7.36. The van der Waals surface area contributed by atoms with Gasteiger partial charge in [-0.3, -0.25) is 0 Å². The molecule has 0 spiro atoms. The smallest absolute Gasteiger partial charge is 0.333 e. The first-order chi connectivity index (χ1) is 19.8. The van der Waals surface area contributed by atoms with Crippen molar-refractivity contribution in [3.63, 3.8) is 0 Å². The van der Waals surface area contributed by atoms with Crippen molar-refractivity contribution < 1.29 is 19.4 Å². The minimum atomic E-state index is -0.313. The van der Waals surface area contributed by atoms with Gasteiger partial charge in [-0.2, -0.15) is 0 Å². The number of thiazole rings is 1. The number of rotatable bonds is 10. The molecule has 1 aliphatic carbocycles. The Balaban J connectivity index is 0.000000496. The monoisotopic (exact) mass is 574 g/mol. The summed E-state index contributed by atoms with van der Waals surface area (Å²) < 4.78 is 5.02. The molecule has 1 fully saturated rings. The molecule has 1 unspecified atom stereocenters. The minimum absolute atomic E-state index is 0.247. The molecule has 1 atom stereocenters. The number of benzene rings is 2. The average Bonchev–Trinajstić information content (AvgIpc) is 3.44. The number of allylic oxidation sites excluding steroid dienone is 2. The molecule has 1 aromatic heterocycles. The highest BCUT2D eigenvalue weighted by atomic mass is 32.1. The zero-order valence-corrected chi connectivity index (χ0v) is 25.2. The van der Waals surface area contributed by atoms with Gasteiger partial charge < -0.3 is 20.4 Å². The van der Waals surface area contributed by atoms with E-state index < -0.39 is 0 Å². The van der Waals surface area contributed by atoms with Crippen molar-refractivity contribution in [3.8, 4) is 5.75 Å². The number of carbonyl (C=O) groups excluding carboxylic acids is 2. The third kappa shape index (κ3) is 10.7. The van der Waals surface area contributed by atoms with Gasteiger partial charge in [-0.1, -0.05) is 61.7 Å². The van der Waals surface area contributed by atoms with E-state index in [4.69, 9.17) is 10.5 Å². The van der Waals surface area contributed by atoms with Gasteiger partial charge in [-0.15, -0.1) is 11.3 Å². The van der Waals surface area contributed by atoms with E-state index in [9.17, 15) is 14.7 Å². The van der Waals surface area contributed by atoms with Crippen LogP contribution in [0.25, 0.3) is 6.08 Å². The Hall–Kier alpha value is -3.55. The molecule has 218 valence electrons. The summed E-state index contributed by atoms with van der Waals surface area (Å²) in [5.41, 5.74) is 11.8. The van der Waals surface area contributed by atoms with Crippen molar-refractivity contribution in [1.82, 2.24) is 4.98 Å². The van der Waals surface area contributed by atoms with Gasteiger partial charge in [0.2, 0.25) is 0 Å². The summed E-state index contributed by atoms with van der Waals surface area (Å²) in [6.07, 6.45) is 12.3. The first-order valence-corrected chi connectivity index (χ1v) is 15.2. The first kappa shape index (κ1) is 32.0. The molecule has 41 heavy (non-hydrogen) atoms. The molecule has 1 aliphatic rings. The Kier molecular flexibility index (Phi) is 13.0. The van der Waals surface area contributed by atoms with Gasteiger partial charge in [0.1, 0.15) is 17.0 Å². The number of nitrogens with two attached hydrogens (primary N) is 1. The van der Waals surface area contributed by atoms with E-state index in [0.717, 1.165) is 52.1 Å². The number of aromatic hydroxyl groups is 1. The number of ether oxygens (including phenoxy) is 1. The predicted molar refractivity (Wildman–Crippen MR) is 167 cm³/mol. The van der Waals surface area contributed by atoms with E-state index in [-0.39, 0.29) is 12.0 Å². The fourth-order valence-corrected chi connectivity index (χ4v) is 5.57. The second-order valence-electron chi connectivity index (χ2n) is 10.5. The summed E-state index contributed by atoms with van der Waals surface area (Å²) in [7, 11) is 0. The van der Waals surface area contributed by atoms with Crippen LogP contribution in [0.1, 0.15) is 86.3 Å². The molecule has 7 heteroatoms. The summed E-state index contributed by atoms with van der Waals surface area (Å²) in [4.78, 5) is 26.6. The topological polar surface area (TPSA) is 103 Å². The van der Waals surface area contributed by atoms with Gasteiger partial charge in [0.15, 0.2) is 0 Å². The van der Waals surface area contributed by atoms with Crippen LogP contribution < -0.4 is 5.73 Å². The van der Waals surface area contributed by atoms with Crippen molar-refractivity contribution in [3.05, 3.63) is 98.5 Å². The highest BCUT2D eigenvalue weighted by Gasteiger charge is 2.14. The van der Waals surface area contributed by atoms with E-state index in [1.807, 2.05) is 60.8 Å². The highest BCUT2D eigenvalue weighted by Crippen LogP contribution is 2.26. The maximum atomic E-state index is 11.8. The van der Waals surface area contributed by atoms with Crippen molar-refractivity contribution >= 4 is 29.7 Å². The Morgan fingerprint density at radius 2 is 1.85 bits per heavy atom. The molecule has 0 amide bonds. The van der Waals surface area contributed by atoms with Gasteiger partial charge in [0.05, 0.1) is 18.3 Å². The summed E-state index contributed by atoms with van der Waals surface area (Å²) in [5, 5.41) is 13.1. The second kappa shape index (κ2) is 16.7. The standard InChI is InChI=1S/C27H30N2O3S.C7H12O/c1-4-32-27(31)19(3)12-18(2)13-23-17-33-26(29-23)24(28)16-21-10-11-25(30)22(15-21)14-20-8-6-5-7-9-20;8-6-7-4-2-1-3-5-7/h5-13,15,17,24,30H,4,14,16,28H2,1-3H3;6-7H,1-5H2/b18-13+,19-12-;. The van der Waals surface area contributed by atoms with Crippen LogP contribution >= 0.6 is 11.3 Å². The number of phenolic OH excluding ortho intramolecular Hbond substituents is 1. The van der Waals surface area contributed by atoms with Crippen LogP contribution in [0.5, 0.6) is 5.75 Å². The van der Waals surface area contributed by atoms with Crippen LogP contribution in [0.15, 0.2) is 71.1 Å². The number of hydrogen-bond donors (Lipinski definition) is 2. The van der Waals surface area contributed by atoms with E-state index in [2.05, 4.69) is 4.98 Å². The second-order valence-corrected chi connectivity index (χ2v) is 11.4. The van der Waals surface area contributed by atoms with Crippen molar-refractivity contribution in [2.24, 2.45) is 11.7 Å². The zero-order chi connectivity index (χ0) is 29.6. The molecule has 0 aliphatic heterocycles. The third-order valence-corrected chi connectivity index (χ3v) is 7.95. The lowest BCUT2D eigenvalue weighted by Crippen LogP contribution is -2.13. The Bertz CT molecular complexity index is 1320. The molecule has 0 radical (unpaired) electrons. The Labute approximate surface area is 248 Å². The fraction of sp³-hybridized carbons (Fsp3) is 0.382. The van der Waals surface area contributed by atoms with Crippen molar-refractivity contribution in [1.29, 1.82) is 0 Å². The Morgan fingerprint density at radius 3 is 2.51 bits per heavy atom. The van der Waals surface area contributed by atoms with Gasteiger partial charge in [-0.05, 0) is 80.5 Å². The summed E-state index contributed by atoms with van der Waals surface area (Å²) in [5.74, 6) is 0.384. The van der Waals surface area contributed by atoms with Crippen LogP contribution in [-0.2, 0) is 27.2 Å². The average molecular weight is 575 g/mol. The number of hydrogen-bond acceptors (Lipinski definition) is 7. The molecule has 4 rings (SSSR count). The van der Waals surface area contributed by atoms with Gasteiger partial charge in [0.25, 0.3) is 0 Å². The number of aromatic nitrogens is 1. The lowest BCUT2D eigenvalue weighted by atomic mass is 9.91. The normalized spacial score (nSPS) is 15.0. The number of carbonyl (C=O) groups is 2. The van der Waals surface area contributed by atoms with E-state index >= 15 is 0 Å². The Morgan fingerprint density at radius 1 is 1.12 bits per heavy atom. The van der Waals surface area contributed by atoms with Gasteiger partial charge >= 0.3 is 5.97 Å². The van der Waals surface area contributed by atoms with Gasteiger partial charge in [0, 0.05) is 23.3 Å². The molecule has 1 saturated carbocycles. The van der Waals surface area contributed by atoms with Crippen molar-refractivity contribution in [2.75, 3.05) is 6.61 Å². The number of nitrogens with zero attached hydrogens (tertiary/aromatic N) is 1. The molecular formula is C34H42N2O4S. The van der Waals surface area contributed by atoms with Crippen LogP contribution in [-0.4, -0.2) is 29.0 Å². The first-order valence-electron chi connectivity index (χ1n) is 14.3. The summed E-state index contributed by atoms with van der Waals surface area (Å²) in [6, 6.07) is 15.5. The molecule has 0 bridgehead atoms. The maximum absolute atomic E-state index is 11.8. The number of phenols is 1. The van der Waals surface area contributed by atoms with Gasteiger partial charge in [-0.25, -0.2) is 9.78 Å². The maximum Gasteiger partial charge on any atom is 0.333 e. The molecule has 3 aromatic rings. The summed E-state index contributed by atoms with van der Waals surface area (Å²) in [6.45, 7) is 5.80. The molecule has 1 heterocycles. The van der Waals surface area contributed by atoms with E-state index in [1.165, 1.54) is 30.6 Å². The third-order valence-electron chi connectivity index (χ3n) is 6.95. The van der Waals surface area contributed by atoms with Crippen molar-refractivity contribution in [2.45, 2.75) is 71.8 Å². The minimum Gasteiger partial charge on any atom is -0.508 e. The van der Waals surface area contributed by atoms with Crippen LogP contribution in [0.3, 0.4) is 0 Å². The van der Waals surface area contributed by atoms with E-state index in [1.54, 1.807) is 26.0 Å². The fourth-order valence-electron chi connectivity index (χ4n) is 4.79. The van der Waals surface area contributed by atoms with Crippen LogP contribution in [0.2, 0.25) is 0 Å². The summed E-state index contributed by atoms with van der Waals surface area (Å²) >= 11 is 1.52. The molecule has 6 nitrogen and oxygen atoms in total. The van der Waals surface area contributed by atoms with E-state index in [0.29, 0.717) is 36.7 Å².